The molecule has 0 aliphatic heterocycles. The number of halogens is 1. The third-order valence-electron chi connectivity index (χ3n) is 2.34. The minimum absolute atomic E-state index is 0.230. The van der Waals surface area contributed by atoms with Gasteiger partial charge >= 0.3 is 0 Å². The van der Waals surface area contributed by atoms with Crippen LogP contribution in [0.25, 0.3) is 0 Å². The first-order valence-corrected chi connectivity index (χ1v) is 5.71. The summed E-state index contributed by atoms with van der Waals surface area (Å²) in [6.07, 6.45) is 6.49. The fourth-order valence-electron chi connectivity index (χ4n) is 1.63. The summed E-state index contributed by atoms with van der Waals surface area (Å²) in [6.45, 7) is 0. The monoisotopic (exact) mass is 305 g/mol. The van der Waals surface area contributed by atoms with Crippen molar-refractivity contribution in [3.05, 3.63) is 16.1 Å². The zero-order valence-corrected chi connectivity index (χ0v) is 9.85. The molecule has 1 aliphatic carbocycles. The summed E-state index contributed by atoms with van der Waals surface area (Å²) in [5.41, 5.74) is 5.80. The van der Waals surface area contributed by atoms with E-state index in [1.807, 2.05) is 0 Å². The third kappa shape index (κ3) is 2.33. The molecular formula is C9H12IN3O. The van der Waals surface area contributed by atoms with Crippen molar-refractivity contribution in [3.8, 4) is 5.88 Å². The number of rotatable bonds is 2. The number of nitrogens with two attached hydrogens (primary N) is 1. The Bertz CT molecular complexity index is 321. The molecule has 14 heavy (non-hydrogen) atoms. The molecule has 1 saturated carbocycles. The van der Waals surface area contributed by atoms with Crippen LogP contribution in [0.15, 0.2) is 12.5 Å². The highest BCUT2D eigenvalue weighted by atomic mass is 127. The van der Waals surface area contributed by atoms with E-state index in [-0.39, 0.29) is 6.10 Å². The van der Waals surface area contributed by atoms with Crippen LogP contribution in [0.2, 0.25) is 0 Å². The third-order valence-corrected chi connectivity index (χ3v) is 3.08. The molecule has 2 unspecified atom stereocenters. The molecule has 1 aromatic heterocycles. The lowest BCUT2D eigenvalue weighted by molar-refractivity contribution is 0.197. The van der Waals surface area contributed by atoms with Gasteiger partial charge in [0.25, 0.3) is 0 Å². The molecule has 1 fully saturated rings. The quantitative estimate of drug-likeness (QED) is 0.838. The van der Waals surface area contributed by atoms with Crippen LogP contribution in [0.3, 0.4) is 0 Å². The number of hydrogen-bond donors (Lipinski definition) is 1. The van der Waals surface area contributed by atoms with Crippen molar-refractivity contribution in [2.75, 3.05) is 0 Å². The SMILES string of the molecule is NC1CCC(Oc2ncncc2I)C1. The molecule has 1 aliphatic rings. The first-order chi connectivity index (χ1) is 6.75. The predicted octanol–water partition coefficient (Wildman–Crippen LogP) is 1.34. The van der Waals surface area contributed by atoms with Crippen molar-refractivity contribution >= 4 is 22.6 Å². The van der Waals surface area contributed by atoms with Crippen LogP contribution in [0.5, 0.6) is 5.88 Å². The molecule has 5 heteroatoms. The van der Waals surface area contributed by atoms with E-state index in [0.29, 0.717) is 11.9 Å². The zero-order chi connectivity index (χ0) is 9.97. The minimum atomic E-state index is 0.230. The molecule has 0 radical (unpaired) electrons. The van der Waals surface area contributed by atoms with Gasteiger partial charge in [0.05, 0.1) is 3.57 Å². The molecule has 2 rings (SSSR count). The maximum Gasteiger partial charge on any atom is 0.230 e. The second kappa shape index (κ2) is 4.39. The molecule has 1 heterocycles. The summed E-state index contributed by atoms with van der Waals surface area (Å²) < 4.78 is 6.69. The highest BCUT2D eigenvalue weighted by Gasteiger charge is 2.24. The molecule has 0 aromatic carbocycles. The average Bonchev–Trinajstić information content (AvgIpc) is 2.56. The molecule has 0 amide bonds. The fourth-order valence-corrected chi connectivity index (χ4v) is 2.05. The van der Waals surface area contributed by atoms with Gasteiger partial charge in [-0.25, -0.2) is 9.97 Å². The van der Waals surface area contributed by atoms with E-state index < -0.39 is 0 Å². The van der Waals surface area contributed by atoms with Crippen LogP contribution >= 0.6 is 22.6 Å². The summed E-state index contributed by atoms with van der Waals surface area (Å²) in [5.74, 6) is 0.680. The highest BCUT2D eigenvalue weighted by Crippen LogP contribution is 2.24. The number of hydrogen-bond acceptors (Lipinski definition) is 4. The molecule has 2 N–H and O–H groups in total. The first-order valence-electron chi connectivity index (χ1n) is 4.63. The van der Waals surface area contributed by atoms with Crippen molar-refractivity contribution in [3.63, 3.8) is 0 Å². The van der Waals surface area contributed by atoms with Gasteiger partial charge in [-0.3, -0.25) is 0 Å². The van der Waals surface area contributed by atoms with Crippen molar-refractivity contribution in [1.82, 2.24) is 9.97 Å². The second-order valence-corrected chi connectivity index (χ2v) is 4.65. The Morgan fingerprint density at radius 2 is 2.36 bits per heavy atom. The molecule has 76 valence electrons. The lowest BCUT2D eigenvalue weighted by atomic mass is 10.3. The summed E-state index contributed by atoms with van der Waals surface area (Å²) in [4.78, 5) is 8.00. The fraction of sp³-hybridized carbons (Fsp3) is 0.556. The lowest BCUT2D eigenvalue weighted by Gasteiger charge is -2.12. The number of aromatic nitrogens is 2. The molecule has 1 aromatic rings. The van der Waals surface area contributed by atoms with Crippen LogP contribution < -0.4 is 10.5 Å². The van der Waals surface area contributed by atoms with Gasteiger partial charge < -0.3 is 10.5 Å². The Hall–Kier alpha value is -0.430. The van der Waals surface area contributed by atoms with Crippen LogP contribution in [0.1, 0.15) is 19.3 Å². The lowest BCUT2D eigenvalue weighted by Crippen LogP contribution is -2.19. The topological polar surface area (TPSA) is 61.0 Å². The Kier molecular flexibility index (Phi) is 3.17. The highest BCUT2D eigenvalue weighted by molar-refractivity contribution is 14.1. The zero-order valence-electron chi connectivity index (χ0n) is 7.69. The van der Waals surface area contributed by atoms with E-state index in [2.05, 4.69) is 32.6 Å². The van der Waals surface area contributed by atoms with E-state index >= 15 is 0 Å². The van der Waals surface area contributed by atoms with Crippen LogP contribution in [0.4, 0.5) is 0 Å². The summed E-state index contributed by atoms with van der Waals surface area (Å²) >= 11 is 2.17. The van der Waals surface area contributed by atoms with Gasteiger partial charge in [-0.05, 0) is 41.9 Å². The second-order valence-electron chi connectivity index (χ2n) is 3.49. The summed E-state index contributed by atoms with van der Waals surface area (Å²) in [6, 6.07) is 0.291. The van der Waals surface area contributed by atoms with Crippen molar-refractivity contribution in [1.29, 1.82) is 0 Å². The minimum Gasteiger partial charge on any atom is -0.473 e. The van der Waals surface area contributed by atoms with Crippen LogP contribution in [-0.4, -0.2) is 22.1 Å². The van der Waals surface area contributed by atoms with Gasteiger partial charge in [0.15, 0.2) is 0 Å². The van der Waals surface area contributed by atoms with E-state index in [9.17, 15) is 0 Å². The van der Waals surface area contributed by atoms with Gasteiger partial charge in [0.1, 0.15) is 12.4 Å². The van der Waals surface area contributed by atoms with Gasteiger partial charge in [0.2, 0.25) is 5.88 Å². The summed E-state index contributed by atoms with van der Waals surface area (Å²) in [7, 11) is 0. The number of nitrogens with zero attached hydrogens (tertiary/aromatic N) is 2. The Morgan fingerprint density at radius 1 is 1.50 bits per heavy atom. The molecule has 0 saturated heterocycles. The van der Waals surface area contributed by atoms with Gasteiger partial charge in [0, 0.05) is 12.2 Å². The summed E-state index contributed by atoms with van der Waals surface area (Å²) in [5, 5.41) is 0. The Morgan fingerprint density at radius 3 is 3.00 bits per heavy atom. The van der Waals surface area contributed by atoms with E-state index in [4.69, 9.17) is 10.5 Å². The van der Waals surface area contributed by atoms with Crippen molar-refractivity contribution < 1.29 is 4.74 Å². The van der Waals surface area contributed by atoms with Gasteiger partial charge in [-0.15, -0.1) is 0 Å². The van der Waals surface area contributed by atoms with E-state index in [1.54, 1.807) is 6.20 Å². The average molecular weight is 305 g/mol. The molecule has 2 atom stereocenters. The van der Waals surface area contributed by atoms with Crippen molar-refractivity contribution in [2.45, 2.75) is 31.4 Å². The molecule has 0 bridgehead atoms. The van der Waals surface area contributed by atoms with E-state index in [0.717, 1.165) is 22.8 Å². The maximum atomic E-state index is 5.80. The molecular weight excluding hydrogens is 293 g/mol. The molecule has 0 spiro atoms. The maximum absolute atomic E-state index is 5.80. The number of ether oxygens (including phenoxy) is 1. The predicted molar refractivity (Wildman–Crippen MR) is 61.0 cm³/mol. The van der Waals surface area contributed by atoms with Crippen LogP contribution in [-0.2, 0) is 0 Å². The molecule has 4 nitrogen and oxygen atoms in total. The van der Waals surface area contributed by atoms with Gasteiger partial charge in [-0.1, -0.05) is 0 Å². The van der Waals surface area contributed by atoms with Crippen molar-refractivity contribution in [2.24, 2.45) is 5.73 Å². The normalized spacial score (nSPS) is 26.4. The largest absolute Gasteiger partial charge is 0.473 e. The van der Waals surface area contributed by atoms with Crippen LogP contribution in [0, 0.1) is 3.57 Å². The standard InChI is InChI=1S/C9H12IN3O/c10-8-4-12-5-13-9(8)14-7-2-1-6(11)3-7/h4-7H,1-3,11H2. The Balaban J connectivity index is 2.01. The van der Waals surface area contributed by atoms with E-state index in [1.165, 1.54) is 6.33 Å². The first kappa shape index (κ1) is 10.1. The smallest absolute Gasteiger partial charge is 0.230 e. The van der Waals surface area contributed by atoms with Gasteiger partial charge in [-0.2, -0.15) is 0 Å². The Labute approximate surface area is 96.4 Å².